The number of carbonyl (C=O) groups is 5. The second kappa shape index (κ2) is 20.0. The predicted molar refractivity (Wildman–Crippen MR) is 187 cm³/mol. The molecular formula is C34H51N5O10S. The van der Waals surface area contributed by atoms with Crippen molar-refractivity contribution in [3.05, 3.63) is 30.5 Å². The van der Waals surface area contributed by atoms with Gasteiger partial charge in [0.1, 0.15) is 19.0 Å². The highest BCUT2D eigenvalue weighted by atomic mass is 32.2. The monoisotopic (exact) mass is 721 g/mol. The van der Waals surface area contributed by atoms with E-state index in [-0.39, 0.29) is 75.1 Å². The van der Waals surface area contributed by atoms with E-state index in [1.54, 1.807) is 58.9 Å². The van der Waals surface area contributed by atoms with E-state index in [1.165, 1.54) is 6.20 Å². The maximum atomic E-state index is 13.3. The van der Waals surface area contributed by atoms with Gasteiger partial charge in [0.25, 0.3) is 0 Å². The number of fused-ring (bicyclic) bond motifs is 1. The number of nitrogens with one attached hydrogen (secondary N) is 3. The average molecular weight is 722 g/mol. The topological polar surface area (TPSA) is 222 Å². The van der Waals surface area contributed by atoms with Crippen molar-refractivity contribution in [3.8, 4) is 0 Å². The van der Waals surface area contributed by atoms with Gasteiger partial charge < -0.3 is 35.9 Å². The molecule has 2 atom stereocenters. The molecule has 0 spiro atoms. The molecule has 0 aliphatic carbocycles. The first kappa shape index (κ1) is 42.2. The molecule has 1 heterocycles. The summed E-state index contributed by atoms with van der Waals surface area (Å²) in [7, 11) is -3.56. The SMILES string of the molecule is CC(C)[C@H](NC(=O)COCCOCCOCC(=O)Nc1ccc2ccnc(S(C)(=O)=O)c2c1)C(=O)C[C@@H](CCCNC(N)=O)C(=O)C(C)(C)C. The number of carbonyl (C=O) groups excluding carboxylic acids is 5. The van der Waals surface area contributed by atoms with Gasteiger partial charge in [-0.1, -0.05) is 40.7 Å². The van der Waals surface area contributed by atoms with Gasteiger partial charge in [-0.3, -0.25) is 19.2 Å². The van der Waals surface area contributed by atoms with Crippen molar-refractivity contribution >= 4 is 55.7 Å². The molecule has 0 radical (unpaired) electrons. The van der Waals surface area contributed by atoms with Crippen LogP contribution in [0, 0.1) is 17.3 Å². The number of aromatic nitrogens is 1. The fourth-order valence-corrected chi connectivity index (χ4v) is 5.91. The third-order valence-corrected chi connectivity index (χ3v) is 8.52. The fraction of sp³-hybridized carbons (Fsp3) is 0.588. The maximum absolute atomic E-state index is 13.3. The van der Waals surface area contributed by atoms with Crippen LogP contribution in [0.5, 0.6) is 0 Å². The first-order valence-corrected chi connectivity index (χ1v) is 18.3. The number of Topliss-reactive ketones (excluding diaryl/α,β-unsaturated/α-hetero) is 2. The molecule has 16 heteroatoms. The van der Waals surface area contributed by atoms with Crippen molar-refractivity contribution in [3.63, 3.8) is 0 Å². The number of sulfone groups is 1. The van der Waals surface area contributed by atoms with E-state index in [2.05, 4.69) is 20.9 Å². The highest BCUT2D eigenvalue weighted by Gasteiger charge is 2.34. The second-order valence-corrected chi connectivity index (χ2v) is 15.2. The zero-order chi connectivity index (χ0) is 37.5. The van der Waals surface area contributed by atoms with Crippen LogP contribution in [0.25, 0.3) is 10.8 Å². The highest BCUT2D eigenvalue weighted by molar-refractivity contribution is 7.90. The van der Waals surface area contributed by atoms with Crippen LogP contribution >= 0.6 is 0 Å². The second-order valence-electron chi connectivity index (χ2n) is 13.3. The van der Waals surface area contributed by atoms with Gasteiger partial charge in [0, 0.05) is 47.8 Å². The highest BCUT2D eigenvalue weighted by Crippen LogP contribution is 2.27. The molecule has 1 aromatic carbocycles. The third kappa shape index (κ3) is 14.9. The quantitative estimate of drug-likeness (QED) is 0.129. The Morgan fingerprint density at radius 2 is 1.54 bits per heavy atom. The first-order valence-electron chi connectivity index (χ1n) is 16.4. The van der Waals surface area contributed by atoms with E-state index >= 15 is 0 Å². The van der Waals surface area contributed by atoms with Gasteiger partial charge in [0.2, 0.25) is 11.8 Å². The number of nitrogens with zero attached hydrogens (tertiary/aromatic N) is 1. The lowest BCUT2D eigenvalue weighted by molar-refractivity contribution is -0.136. The molecule has 1 aromatic heterocycles. The van der Waals surface area contributed by atoms with Crippen LogP contribution in [0.3, 0.4) is 0 Å². The van der Waals surface area contributed by atoms with Crippen molar-refractivity contribution in [1.29, 1.82) is 0 Å². The van der Waals surface area contributed by atoms with Crippen molar-refractivity contribution in [2.24, 2.45) is 23.0 Å². The minimum absolute atomic E-state index is 0.0401. The Balaban J connectivity index is 1.69. The van der Waals surface area contributed by atoms with Crippen LogP contribution in [0.1, 0.15) is 53.9 Å². The van der Waals surface area contributed by atoms with Crippen molar-refractivity contribution < 1.29 is 46.6 Å². The summed E-state index contributed by atoms with van der Waals surface area (Å²) in [5.74, 6) is -2.03. The Labute approximate surface area is 293 Å². The summed E-state index contributed by atoms with van der Waals surface area (Å²) in [6.45, 7) is 9.25. The van der Waals surface area contributed by atoms with Gasteiger partial charge in [-0.05, 0) is 42.3 Å². The molecule has 50 heavy (non-hydrogen) atoms. The molecule has 0 fully saturated rings. The van der Waals surface area contributed by atoms with Crippen molar-refractivity contribution in [2.45, 2.75) is 64.9 Å². The van der Waals surface area contributed by atoms with E-state index in [0.29, 0.717) is 29.3 Å². The molecule has 0 aliphatic rings. The molecule has 5 N–H and O–H groups in total. The summed E-state index contributed by atoms with van der Waals surface area (Å²) in [4.78, 5) is 66.1. The Bertz CT molecular complexity index is 1590. The number of anilines is 1. The number of hydrogen-bond donors (Lipinski definition) is 4. The van der Waals surface area contributed by atoms with Gasteiger partial charge >= 0.3 is 6.03 Å². The smallest absolute Gasteiger partial charge is 0.312 e. The van der Waals surface area contributed by atoms with Gasteiger partial charge in [-0.15, -0.1) is 0 Å². The van der Waals surface area contributed by atoms with E-state index in [4.69, 9.17) is 19.9 Å². The van der Waals surface area contributed by atoms with E-state index in [0.717, 1.165) is 6.26 Å². The summed E-state index contributed by atoms with van der Waals surface area (Å²) in [5, 5.41) is 8.87. The number of ether oxygens (including phenoxy) is 3. The zero-order valence-electron chi connectivity index (χ0n) is 29.7. The predicted octanol–water partition coefficient (Wildman–Crippen LogP) is 2.41. The molecule has 278 valence electrons. The number of benzene rings is 1. The lowest BCUT2D eigenvalue weighted by Gasteiger charge is -2.27. The number of urea groups is 1. The summed E-state index contributed by atoms with van der Waals surface area (Å²) in [6, 6.07) is 5.10. The van der Waals surface area contributed by atoms with Crippen molar-refractivity contribution in [1.82, 2.24) is 15.6 Å². The van der Waals surface area contributed by atoms with Crippen LogP contribution in [0.2, 0.25) is 0 Å². The molecule has 0 unspecified atom stereocenters. The lowest BCUT2D eigenvalue weighted by Crippen LogP contribution is -2.47. The number of nitrogens with two attached hydrogens (primary N) is 1. The van der Waals surface area contributed by atoms with Gasteiger partial charge in [-0.25, -0.2) is 18.2 Å². The summed E-state index contributed by atoms with van der Waals surface area (Å²) in [6.07, 6.45) is 3.31. The minimum Gasteiger partial charge on any atom is -0.377 e. The van der Waals surface area contributed by atoms with E-state index < -0.39 is 45.1 Å². The van der Waals surface area contributed by atoms with E-state index in [1.807, 2.05) is 0 Å². The minimum atomic E-state index is -3.56. The molecule has 0 saturated heterocycles. The summed E-state index contributed by atoms with van der Waals surface area (Å²) in [5.41, 5.74) is 4.84. The normalized spacial score (nSPS) is 13.1. The largest absolute Gasteiger partial charge is 0.377 e. The van der Waals surface area contributed by atoms with Crippen molar-refractivity contribution in [2.75, 3.05) is 57.8 Å². The number of rotatable bonds is 22. The lowest BCUT2D eigenvalue weighted by atomic mass is 9.78. The maximum Gasteiger partial charge on any atom is 0.312 e. The Hall–Kier alpha value is -3.99. The Kier molecular flexibility index (Phi) is 16.9. The number of amides is 4. The van der Waals surface area contributed by atoms with Crippen LogP contribution in [-0.2, 0) is 43.2 Å². The molecule has 2 rings (SSSR count). The molecule has 15 nitrogen and oxygen atoms in total. The standard InChI is InChI=1S/C34H51N5O10S/c1-22(2)30(27(40)18-24(31(43)34(3,4)5)8-7-12-37-33(35)44)39-29(42)21-49-17-15-47-14-16-48-20-28(41)38-25-10-9-23-11-13-36-32(26(23)19-25)50(6,45)46/h9-11,13,19,22,24,30H,7-8,12,14-18,20-21H2,1-6H3,(H,38,41)(H,39,42)(H3,35,37,44)/t24-,30+/m1/s1. The fourth-order valence-electron chi connectivity index (χ4n) is 5.08. The Morgan fingerprint density at radius 1 is 0.920 bits per heavy atom. The van der Waals surface area contributed by atoms with E-state index in [9.17, 15) is 32.4 Å². The number of primary amides is 1. The first-order chi connectivity index (χ1) is 23.4. The summed E-state index contributed by atoms with van der Waals surface area (Å²) >= 11 is 0. The molecule has 2 aromatic rings. The molecule has 0 bridgehead atoms. The number of ketones is 2. The third-order valence-electron chi connectivity index (χ3n) is 7.49. The molecule has 0 aliphatic heterocycles. The molecular weight excluding hydrogens is 670 g/mol. The van der Waals surface area contributed by atoms with Gasteiger partial charge in [-0.2, -0.15) is 0 Å². The Morgan fingerprint density at radius 3 is 2.12 bits per heavy atom. The summed E-state index contributed by atoms with van der Waals surface area (Å²) < 4.78 is 40.3. The molecule has 0 saturated carbocycles. The average Bonchev–Trinajstić information content (AvgIpc) is 3.02. The zero-order valence-corrected chi connectivity index (χ0v) is 30.5. The van der Waals surface area contributed by atoms with Crippen LogP contribution in [0.4, 0.5) is 10.5 Å². The van der Waals surface area contributed by atoms with Crippen LogP contribution < -0.4 is 21.7 Å². The van der Waals surface area contributed by atoms with Gasteiger partial charge in [0.05, 0.1) is 32.5 Å². The number of hydrogen-bond acceptors (Lipinski definition) is 11. The van der Waals surface area contributed by atoms with Crippen LogP contribution in [0.15, 0.2) is 35.5 Å². The number of pyridine rings is 1. The van der Waals surface area contributed by atoms with Crippen LogP contribution in [-0.4, -0.2) is 101 Å². The molecule has 4 amide bonds. The van der Waals surface area contributed by atoms with Gasteiger partial charge in [0.15, 0.2) is 20.6 Å².